The highest BCUT2D eigenvalue weighted by Gasteiger charge is 2.65. The van der Waals surface area contributed by atoms with E-state index < -0.39 is 11.8 Å². The van der Waals surface area contributed by atoms with E-state index in [-0.39, 0.29) is 33.8 Å². The van der Waals surface area contributed by atoms with E-state index in [1.54, 1.807) is 0 Å². The third-order valence-corrected chi connectivity index (χ3v) is 4.69. The van der Waals surface area contributed by atoms with Gasteiger partial charge in [0.15, 0.2) is 0 Å². The lowest BCUT2D eigenvalue weighted by Gasteiger charge is -2.11. The van der Waals surface area contributed by atoms with Gasteiger partial charge in [-0.2, -0.15) is 0 Å². The Bertz CT molecular complexity index is 539. The third-order valence-electron chi connectivity index (χ3n) is 4.69. The Hall–Kier alpha value is -1.78. The van der Waals surface area contributed by atoms with Gasteiger partial charge in [0.25, 0.3) is 0 Å². The van der Waals surface area contributed by atoms with Crippen molar-refractivity contribution in [2.75, 3.05) is 11.1 Å². The van der Waals surface area contributed by atoms with Crippen LogP contribution in [-0.4, -0.2) is 17.1 Å². The quantitative estimate of drug-likeness (QED) is 0.735. The summed E-state index contributed by atoms with van der Waals surface area (Å²) >= 11 is 0. The number of halogens is 1. The number of hydrogen-bond donors (Lipinski definition) is 3. The maximum absolute atomic E-state index is 13.9. The lowest BCUT2D eigenvalue weighted by atomic mass is 10.0. The number of nitrogens with two attached hydrogens (primary N) is 1. The molecule has 0 aliphatic heterocycles. The van der Waals surface area contributed by atoms with Crippen LogP contribution < -0.4 is 11.1 Å². The number of hydrogen-bond acceptors (Lipinski definition) is 3. The average molecular weight is 266 g/mol. The second-order valence-electron chi connectivity index (χ2n) is 6.25. The van der Waals surface area contributed by atoms with E-state index in [1.165, 1.54) is 6.07 Å². The van der Waals surface area contributed by atoms with Crippen LogP contribution in [0.5, 0.6) is 0 Å². The molecule has 0 aromatic heterocycles. The molecule has 0 atom stereocenters. The number of benzene rings is 1. The molecule has 1 fully saturated rings. The predicted molar refractivity (Wildman–Crippen MR) is 72.7 cm³/mol. The maximum Gasteiger partial charge on any atom is 0.337 e. The van der Waals surface area contributed by atoms with Crippen molar-refractivity contribution >= 4 is 17.3 Å². The lowest BCUT2D eigenvalue weighted by molar-refractivity contribution is 0.0698. The first-order valence-corrected chi connectivity index (χ1v) is 6.18. The Morgan fingerprint density at radius 2 is 1.84 bits per heavy atom. The van der Waals surface area contributed by atoms with E-state index in [0.717, 1.165) is 6.07 Å². The van der Waals surface area contributed by atoms with Crippen molar-refractivity contribution in [1.29, 1.82) is 0 Å². The molecule has 1 aliphatic carbocycles. The van der Waals surface area contributed by atoms with Gasteiger partial charge in [-0.05, 0) is 23.0 Å². The van der Waals surface area contributed by atoms with Crippen LogP contribution in [0, 0.1) is 16.6 Å². The SMILES string of the molecule is CC1(C)C(Nc2cc(C(=O)O)c(N)cc2F)C1(C)C. The molecule has 0 unspecified atom stereocenters. The molecular formula is C14H19FN2O2. The molecule has 1 aromatic rings. The molecule has 1 saturated carbocycles. The minimum absolute atomic E-state index is 0.0320. The summed E-state index contributed by atoms with van der Waals surface area (Å²) in [5.41, 5.74) is 5.60. The second-order valence-corrected chi connectivity index (χ2v) is 6.25. The molecule has 0 amide bonds. The average Bonchev–Trinajstić information content (AvgIpc) is 2.63. The van der Waals surface area contributed by atoms with Crippen LogP contribution in [0.25, 0.3) is 0 Å². The number of aromatic carboxylic acids is 1. The predicted octanol–water partition coefficient (Wildman–Crippen LogP) is 2.95. The van der Waals surface area contributed by atoms with Crippen molar-refractivity contribution in [2.45, 2.75) is 33.7 Å². The highest BCUT2D eigenvalue weighted by Crippen LogP contribution is 2.63. The van der Waals surface area contributed by atoms with Gasteiger partial charge in [-0.15, -0.1) is 0 Å². The zero-order valence-electron chi connectivity index (χ0n) is 11.5. The summed E-state index contributed by atoms with van der Waals surface area (Å²) in [7, 11) is 0. The molecule has 2 rings (SSSR count). The van der Waals surface area contributed by atoms with Gasteiger partial charge in [0.1, 0.15) is 5.82 Å². The van der Waals surface area contributed by atoms with Gasteiger partial charge in [-0.3, -0.25) is 0 Å². The molecule has 0 saturated heterocycles. The molecule has 0 spiro atoms. The van der Waals surface area contributed by atoms with Gasteiger partial charge in [0.05, 0.1) is 11.3 Å². The van der Waals surface area contributed by atoms with Crippen molar-refractivity contribution in [3.05, 3.63) is 23.5 Å². The second kappa shape index (κ2) is 3.85. The summed E-state index contributed by atoms with van der Waals surface area (Å²) in [6, 6.07) is 2.41. The van der Waals surface area contributed by atoms with E-state index in [9.17, 15) is 9.18 Å². The summed E-state index contributed by atoms with van der Waals surface area (Å²) < 4.78 is 13.9. The van der Waals surface area contributed by atoms with Crippen molar-refractivity contribution < 1.29 is 14.3 Å². The van der Waals surface area contributed by atoms with E-state index in [4.69, 9.17) is 10.8 Å². The van der Waals surface area contributed by atoms with E-state index in [2.05, 4.69) is 33.0 Å². The number of nitrogens with one attached hydrogen (secondary N) is 1. The molecule has 4 N–H and O–H groups in total. The smallest absolute Gasteiger partial charge is 0.337 e. The summed E-state index contributed by atoms with van der Waals surface area (Å²) in [5.74, 6) is -1.68. The van der Waals surface area contributed by atoms with Crippen molar-refractivity contribution in [2.24, 2.45) is 10.8 Å². The standard InChI is InChI=1S/C14H19FN2O2/c1-13(2)12(14(13,3)4)17-10-5-7(11(18)19)9(16)6-8(10)15/h5-6,12,17H,16H2,1-4H3,(H,18,19). The van der Waals surface area contributed by atoms with Crippen molar-refractivity contribution in [3.63, 3.8) is 0 Å². The van der Waals surface area contributed by atoms with Crippen LogP contribution in [0.4, 0.5) is 15.8 Å². The van der Waals surface area contributed by atoms with Crippen LogP contribution in [-0.2, 0) is 0 Å². The summed E-state index contributed by atoms with van der Waals surface area (Å²) in [6.45, 7) is 8.38. The topological polar surface area (TPSA) is 75.3 Å². The maximum atomic E-state index is 13.9. The molecule has 0 bridgehead atoms. The van der Waals surface area contributed by atoms with Gasteiger partial charge in [0, 0.05) is 11.7 Å². The van der Waals surface area contributed by atoms with Crippen molar-refractivity contribution in [3.8, 4) is 0 Å². The first-order valence-electron chi connectivity index (χ1n) is 6.18. The fourth-order valence-corrected chi connectivity index (χ4v) is 2.60. The van der Waals surface area contributed by atoms with Crippen LogP contribution >= 0.6 is 0 Å². The van der Waals surface area contributed by atoms with E-state index in [1.807, 2.05) is 0 Å². The molecule has 1 aromatic carbocycles. The Labute approximate surface area is 111 Å². The van der Waals surface area contributed by atoms with Crippen molar-refractivity contribution in [1.82, 2.24) is 0 Å². The zero-order valence-corrected chi connectivity index (χ0v) is 11.5. The zero-order chi connectivity index (χ0) is 14.6. The van der Waals surface area contributed by atoms with Crippen LogP contribution in [0.2, 0.25) is 0 Å². The third kappa shape index (κ3) is 1.93. The first-order chi connectivity index (χ1) is 8.59. The Morgan fingerprint density at radius 1 is 1.32 bits per heavy atom. The molecule has 4 nitrogen and oxygen atoms in total. The van der Waals surface area contributed by atoms with Crippen LogP contribution in [0.1, 0.15) is 38.1 Å². The molecular weight excluding hydrogens is 247 g/mol. The number of carboxylic acid groups (broad SMARTS) is 1. The summed E-state index contributed by atoms with van der Waals surface area (Å²) in [5, 5.41) is 12.1. The minimum Gasteiger partial charge on any atom is -0.478 e. The largest absolute Gasteiger partial charge is 0.478 e. The van der Waals surface area contributed by atoms with Crippen LogP contribution in [0.15, 0.2) is 12.1 Å². The minimum atomic E-state index is -1.16. The molecule has 0 heterocycles. The van der Waals surface area contributed by atoms with Gasteiger partial charge in [-0.1, -0.05) is 27.7 Å². The fourth-order valence-electron chi connectivity index (χ4n) is 2.60. The van der Waals surface area contributed by atoms with Gasteiger partial charge in [-0.25, -0.2) is 9.18 Å². The molecule has 19 heavy (non-hydrogen) atoms. The number of nitrogen functional groups attached to an aromatic ring is 1. The molecule has 104 valence electrons. The number of carbonyl (C=O) groups is 1. The Balaban J connectivity index is 2.32. The monoisotopic (exact) mass is 266 g/mol. The molecule has 0 radical (unpaired) electrons. The highest BCUT2D eigenvalue weighted by atomic mass is 19.1. The molecule has 5 heteroatoms. The number of carboxylic acids is 1. The Kier molecular flexibility index (Phi) is 2.77. The van der Waals surface area contributed by atoms with Crippen LogP contribution in [0.3, 0.4) is 0 Å². The normalized spacial score (nSPS) is 20.1. The summed E-state index contributed by atoms with van der Waals surface area (Å²) in [4.78, 5) is 11.0. The van der Waals surface area contributed by atoms with E-state index in [0.29, 0.717) is 0 Å². The number of anilines is 2. The molecule has 1 aliphatic rings. The summed E-state index contributed by atoms with van der Waals surface area (Å²) in [6.07, 6.45) is 0. The Morgan fingerprint density at radius 3 is 2.26 bits per heavy atom. The number of rotatable bonds is 3. The van der Waals surface area contributed by atoms with Gasteiger partial charge >= 0.3 is 5.97 Å². The fraction of sp³-hybridized carbons (Fsp3) is 0.500. The van der Waals surface area contributed by atoms with E-state index >= 15 is 0 Å². The highest BCUT2D eigenvalue weighted by molar-refractivity contribution is 5.95. The lowest BCUT2D eigenvalue weighted by Crippen LogP contribution is -2.13. The first kappa shape index (κ1) is 13.6. The van der Waals surface area contributed by atoms with Gasteiger partial charge in [0.2, 0.25) is 0 Å². The van der Waals surface area contributed by atoms with Gasteiger partial charge < -0.3 is 16.2 Å².